The number of benzene rings is 3. The molecule has 3 heterocycles. The van der Waals surface area contributed by atoms with Gasteiger partial charge in [-0.05, 0) is 61.0 Å². The maximum atomic E-state index is 16.2. The Balaban J connectivity index is 1.35. The minimum absolute atomic E-state index is 0.109. The zero-order chi connectivity index (χ0) is 30.5. The van der Waals surface area contributed by atoms with E-state index < -0.39 is 43.5 Å². The van der Waals surface area contributed by atoms with Gasteiger partial charge in [-0.25, -0.2) is 0 Å². The van der Waals surface area contributed by atoms with E-state index in [4.69, 9.17) is 4.74 Å². The molecular weight excluding hydrogens is 565 g/mol. The molecule has 10 heteroatoms. The molecule has 5 atom stereocenters. The SMILES string of the molecule is C[C@H]1[C@H]([Si](C)(C)F)[C@@H](CC(=O)N2Cc3ccccc3C[C@H]2CO)O[C@]12C(=O)Nc1ccc(N(C=O)c3ccccc3)cc12. The third kappa shape index (κ3) is 4.87. The third-order valence-corrected chi connectivity index (χ3v) is 11.8. The Kier molecular flexibility index (Phi) is 7.48. The van der Waals surface area contributed by atoms with Gasteiger partial charge in [0.25, 0.3) is 5.91 Å². The Morgan fingerprint density at radius 1 is 1.12 bits per heavy atom. The van der Waals surface area contributed by atoms with E-state index in [1.807, 2.05) is 61.5 Å². The van der Waals surface area contributed by atoms with Crippen LogP contribution in [-0.2, 0) is 37.7 Å². The van der Waals surface area contributed by atoms with Crippen LogP contribution in [0.25, 0.3) is 0 Å². The minimum atomic E-state index is -3.48. The van der Waals surface area contributed by atoms with Crippen LogP contribution in [0.4, 0.5) is 21.2 Å². The summed E-state index contributed by atoms with van der Waals surface area (Å²) in [4.78, 5) is 43.0. The summed E-state index contributed by atoms with van der Waals surface area (Å²) in [5, 5.41) is 13.1. The predicted molar refractivity (Wildman–Crippen MR) is 164 cm³/mol. The zero-order valence-corrected chi connectivity index (χ0v) is 25.5. The molecule has 0 unspecified atom stereocenters. The summed E-state index contributed by atoms with van der Waals surface area (Å²) >= 11 is 0. The maximum Gasteiger partial charge on any atom is 0.261 e. The van der Waals surface area contributed by atoms with Crippen LogP contribution < -0.4 is 10.2 Å². The van der Waals surface area contributed by atoms with Gasteiger partial charge >= 0.3 is 0 Å². The normalized spacial score (nSPS) is 26.2. The zero-order valence-electron chi connectivity index (χ0n) is 24.5. The van der Waals surface area contributed by atoms with E-state index in [1.165, 1.54) is 4.90 Å². The number of ether oxygens (including phenoxy) is 1. The van der Waals surface area contributed by atoms with E-state index in [0.717, 1.165) is 11.1 Å². The van der Waals surface area contributed by atoms with E-state index in [2.05, 4.69) is 5.32 Å². The first kappa shape index (κ1) is 29.2. The van der Waals surface area contributed by atoms with Gasteiger partial charge in [0, 0.05) is 40.6 Å². The van der Waals surface area contributed by atoms with Crippen molar-refractivity contribution in [2.75, 3.05) is 16.8 Å². The molecule has 0 saturated carbocycles. The second-order valence-electron chi connectivity index (χ2n) is 12.3. The lowest BCUT2D eigenvalue weighted by Gasteiger charge is -2.37. The number of aliphatic hydroxyl groups excluding tert-OH is 1. The molecule has 0 bridgehead atoms. The lowest BCUT2D eigenvalue weighted by Crippen LogP contribution is -2.48. The van der Waals surface area contributed by atoms with Gasteiger partial charge in [-0.3, -0.25) is 19.3 Å². The molecule has 0 aliphatic carbocycles. The molecule has 2 N–H and O–H groups in total. The number of hydrogen-bond acceptors (Lipinski definition) is 5. The molecule has 6 rings (SSSR count). The van der Waals surface area contributed by atoms with Crippen LogP contribution in [0.15, 0.2) is 72.8 Å². The lowest BCUT2D eigenvalue weighted by atomic mass is 9.82. The smallest absolute Gasteiger partial charge is 0.261 e. The first-order chi connectivity index (χ1) is 20.6. The third-order valence-electron chi connectivity index (χ3n) is 9.38. The predicted octanol–water partition coefficient (Wildman–Crippen LogP) is 5.04. The summed E-state index contributed by atoms with van der Waals surface area (Å²) in [5.41, 5.74) is 2.21. The standard InChI is InChI=1S/C33H36FN3O5Si/c1-21-31(43(2,3)34)29(17-30(40)36-18-23-10-8-7-9-22(23)15-26(36)19-38)42-33(21)27-16-25(13-14-28(27)35-32(33)41)37(20-39)24-11-5-4-6-12-24/h4-14,16,20-21,26,29,31,38H,15,17-19H2,1-3H3,(H,35,41)/t21-,26-,29+,31-,33+/m0/s1. The quantitative estimate of drug-likeness (QED) is 0.225. The van der Waals surface area contributed by atoms with Gasteiger partial charge < -0.3 is 24.2 Å². The van der Waals surface area contributed by atoms with Gasteiger partial charge in [-0.2, -0.15) is 0 Å². The number of para-hydroxylation sites is 1. The topological polar surface area (TPSA) is 99.2 Å². The number of carbonyl (C=O) groups is 3. The summed E-state index contributed by atoms with van der Waals surface area (Å²) in [7, 11) is -3.48. The number of aliphatic hydroxyl groups is 1. The molecule has 1 fully saturated rings. The van der Waals surface area contributed by atoms with Crippen molar-refractivity contribution in [3.05, 3.63) is 89.5 Å². The van der Waals surface area contributed by atoms with E-state index in [0.29, 0.717) is 42.0 Å². The fourth-order valence-corrected chi connectivity index (χ4v) is 9.89. The number of hydrogen-bond donors (Lipinski definition) is 2. The second kappa shape index (κ2) is 11.0. The number of amides is 3. The Hall–Kier alpha value is -3.86. The number of halogens is 1. The van der Waals surface area contributed by atoms with Crippen molar-refractivity contribution in [1.82, 2.24) is 4.90 Å². The van der Waals surface area contributed by atoms with Crippen molar-refractivity contribution in [1.29, 1.82) is 0 Å². The van der Waals surface area contributed by atoms with Crippen LogP contribution in [0.1, 0.15) is 30.0 Å². The summed E-state index contributed by atoms with van der Waals surface area (Å²) in [6.45, 7) is 5.17. The van der Waals surface area contributed by atoms with Gasteiger partial charge in [-0.15, -0.1) is 0 Å². The van der Waals surface area contributed by atoms with Crippen LogP contribution in [-0.4, -0.2) is 55.4 Å². The molecule has 1 spiro atoms. The molecule has 3 aromatic carbocycles. The van der Waals surface area contributed by atoms with Gasteiger partial charge in [-0.1, -0.05) is 49.4 Å². The first-order valence-electron chi connectivity index (χ1n) is 14.7. The van der Waals surface area contributed by atoms with Gasteiger partial charge in [0.05, 0.1) is 25.2 Å². The van der Waals surface area contributed by atoms with Crippen LogP contribution in [0.2, 0.25) is 18.6 Å². The van der Waals surface area contributed by atoms with E-state index in [-0.39, 0.29) is 18.9 Å². The fourth-order valence-electron chi connectivity index (χ4n) is 7.40. The molecule has 0 aromatic heterocycles. The van der Waals surface area contributed by atoms with Gasteiger partial charge in [0.1, 0.15) is 0 Å². The van der Waals surface area contributed by atoms with E-state index in [1.54, 1.807) is 36.2 Å². The molecule has 3 aliphatic rings. The number of anilines is 3. The van der Waals surface area contributed by atoms with Crippen LogP contribution in [0.3, 0.4) is 0 Å². The summed E-state index contributed by atoms with van der Waals surface area (Å²) in [5.74, 6) is -1.22. The number of nitrogens with zero attached hydrogens (tertiary/aromatic N) is 2. The highest BCUT2D eigenvalue weighted by molar-refractivity contribution is 6.72. The Bertz CT molecular complexity index is 1560. The summed E-state index contributed by atoms with van der Waals surface area (Å²) in [6.07, 6.45) is 0.290. The molecule has 1 saturated heterocycles. The number of rotatable bonds is 7. The molecule has 224 valence electrons. The average molecular weight is 602 g/mol. The van der Waals surface area contributed by atoms with Crippen molar-refractivity contribution < 1.29 is 28.3 Å². The van der Waals surface area contributed by atoms with Crippen LogP contribution in [0, 0.1) is 5.92 Å². The molecule has 8 nitrogen and oxygen atoms in total. The fraction of sp³-hybridized carbons (Fsp3) is 0.364. The van der Waals surface area contributed by atoms with Gasteiger partial charge in [0.2, 0.25) is 20.7 Å². The average Bonchev–Trinajstić information content (AvgIpc) is 3.45. The molecular formula is C33H36FN3O5Si. The highest BCUT2D eigenvalue weighted by Crippen LogP contribution is 2.59. The molecule has 0 radical (unpaired) electrons. The van der Waals surface area contributed by atoms with Crippen LogP contribution in [0.5, 0.6) is 0 Å². The molecule has 3 aliphatic heterocycles. The summed E-state index contributed by atoms with van der Waals surface area (Å²) < 4.78 is 22.8. The number of nitrogens with one attached hydrogen (secondary N) is 1. The monoisotopic (exact) mass is 601 g/mol. The van der Waals surface area contributed by atoms with E-state index in [9.17, 15) is 19.5 Å². The molecule has 3 amide bonds. The highest BCUT2D eigenvalue weighted by atomic mass is 28.4. The molecule has 43 heavy (non-hydrogen) atoms. The van der Waals surface area contributed by atoms with Crippen molar-refractivity contribution in [3.8, 4) is 0 Å². The Morgan fingerprint density at radius 3 is 2.49 bits per heavy atom. The van der Waals surface area contributed by atoms with Crippen molar-refractivity contribution in [2.24, 2.45) is 5.92 Å². The van der Waals surface area contributed by atoms with Gasteiger partial charge in [0.15, 0.2) is 5.60 Å². The highest BCUT2D eigenvalue weighted by Gasteiger charge is 2.65. The van der Waals surface area contributed by atoms with E-state index >= 15 is 4.11 Å². The largest absolute Gasteiger partial charge is 0.394 e. The summed E-state index contributed by atoms with van der Waals surface area (Å²) in [6, 6.07) is 21.8. The Morgan fingerprint density at radius 2 is 1.81 bits per heavy atom. The van der Waals surface area contributed by atoms with Crippen molar-refractivity contribution >= 4 is 43.7 Å². The first-order valence-corrected chi connectivity index (χ1v) is 17.6. The Labute approximate surface area is 251 Å². The number of carbonyl (C=O) groups excluding carboxylic acids is 3. The van der Waals surface area contributed by atoms with Crippen molar-refractivity contribution in [2.45, 2.75) is 62.7 Å². The minimum Gasteiger partial charge on any atom is -0.394 e. The second-order valence-corrected chi connectivity index (χ2v) is 16.1. The maximum absolute atomic E-state index is 16.2. The molecule has 3 aromatic rings. The van der Waals surface area contributed by atoms with Crippen LogP contribution >= 0.6 is 0 Å². The van der Waals surface area contributed by atoms with Crippen molar-refractivity contribution in [3.63, 3.8) is 0 Å². The lowest BCUT2D eigenvalue weighted by molar-refractivity contribution is -0.149. The number of fused-ring (bicyclic) bond motifs is 3.